The van der Waals surface area contributed by atoms with Crippen LogP contribution >= 0.6 is 0 Å². The Hall–Kier alpha value is -2.66. The molecule has 26 heavy (non-hydrogen) atoms. The molecule has 1 aliphatic heterocycles. The first-order valence-electron chi connectivity index (χ1n) is 9.11. The molecule has 5 heteroatoms. The molecule has 3 aromatic rings. The highest BCUT2D eigenvalue weighted by Crippen LogP contribution is 2.26. The fourth-order valence-electron chi connectivity index (χ4n) is 3.47. The molecule has 2 heterocycles. The number of para-hydroxylation sites is 2. The van der Waals surface area contributed by atoms with Gasteiger partial charge in [0.25, 0.3) is 0 Å². The quantitative estimate of drug-likeness (QED) is 0.745. The van der Waals surface area contributed by atoms with Crippen LogP contribution in [0.25, 0.3) is 11.0 Å². The normalized spacial score (nSPS) is 16.4. The second kappa shape index (κ2) is 6.92. The summed E-state index contributed by atoms with van der Waals surface area (Å²) >= 11 is 0. The van der Waals surface area contributed by atoms with E-state index in [2.05, 4.69) is 51.4 Å². The van der Waals surface area contributed by atoms with Gasteiger partial charge in [-0.05, 0) is 31.5 Å². The summed E-state index contributed by atoms with van der Waals surface area (Å²) in [5.41, 5.74) is 4.44. The number of aromatic nitrogens is 2. The first kappa shape index (κ1) is 16.8. The lowest BCUT2D eigenvalue weighted by atomic mass is 9.99. The molecule has 1 aliphatic rings. The summed E-state index contributed by atoms with van der Waals surface area (Å²) in [6, 6.07) is 16.4. The number of amides is 1. The average molecular weight is 348 g/mol. The molecule has 2 N–H and O–H groups in total. The number of nitrogens with zero attached hydrogens (tertiary/aromatic N) is 2. The Bertz CT molecular complexity index is 876. The average Bonchev–Trinajstić information content (AvgIpc) is 3.01. The summed E-state index contributed by atoms with van der Waals surface area (Å²) in [7, 11) is 0. The Kier molecular flexibility index (Phi) is 4.47. The van der Waals surface area contributed by atoms with Crippen LogP contribution in [0.3, 0.4) is 0 Å². The molecule has 5 nitrogen and oxygen atoms in total. The van der Waals surface area contributed by atoms with Crippen molar-refractivity contribution in [1.82, 2.24) is 20.2 Å². The first-order valence-corrected chi connectivity index (χ1v) is 9.11. The summed E-state index contributed by atoms with van der Waals surface area (Å²) in [6.45, 7) is 6.26. The lowest BCUT2D eigenvalue weighted by molar-refractivity contribution is -0.124. The number of aryl methyl sites for hydroxylation is 1. The van der Waals surface area contributed by atoms with Crippen LogP contribution in [0, 0.1) is 6.92 Å². The van der Waals surface area contributed by atoms with Gasteiger partial charge in [0, 0.05) is 19.0 Å². The van der Waals surface area contributed by atoms with E-state index in [0.717, 1.165) is 35.5 Å². The van der Waals surface area contributed by atoms with Crippen molar-refractivity contribution in [3.63, 3.8) is 0 Å². The van der Waals surface area contributed by atoms with Crippen LogP contribution in [0.2, 0.25) is 0 Å². The van der Waals surface area contributed by atoms with Crippen LogP contribution < -0.4 is 5.32 Å². The molecule has 134 valence electrons. The third kappa shape index (κ3) is 3.48. The lowest BCUT2D eigenvalue weighted by Crippen LogP contribution is -2.50. The van der Waals surface area contributed by atoms with Gasteiger partial charge in [-0.2, -0.15) is 0 Å². The topological polar surface area (TPSA) is 61.0 Å². The van der Waals surface area contributed by atoms with Crippen molar-refractivity contribution < 1.29 is 4.79 Å². The molecule has 0 radical (unpaired) electrons. The summed E-state index contributed by atoms with van der Waals surface area (Å²) < 4.78 is 0. The van der Waals surface area contributed by atoms with E-state index in [9.17, 15) is 4.79 Å². The molecule has 1 atom stereocenters. The summed E-state index contributed by atoms with van der Waals surface area (Å²) in [5.74, 6) is 1.47. The van der Waals surface area contributed by atoms with Crippen molar-refractivity contribution in [2.75, 3.05) is 19.6 Å². The molecule has 1 saturated heterocycles. The van der Waals surface area contributed by atoms with Crippen molar-refractivity contribution in [3.05, 3.63) is 65.5 Å². The fraction of sp³-hybridized carbons (Fsp3) is 0.333. The monoisotopic (exact) mass is 348 g/mol. The lowest BCUT2D eigenvalue weighted by Gasteiger charge is -2.37. The number of carbonyl (C=O) groups is 1. The fourth-order valence-corrected chi connectivity index (χ4v) is 3.47. The van der Waals surface area contributed by atoms with Gasteiger partial charge in [-0.3, -0.25) is 9.69 Å². The molecule has 1 amide bonds. The van der Waals surface area contributed by atoms with Crippen molar-refractivity contribution in [2.45, 2.75) is 25.8 Å². The van der Waals surface area contributed by atoms with Gasteiger partial charge in [-0.25, -0.2) is 4.98 Å². The second-order valence-electron chi connectivity index (χ2n) is 7.23. The van der Waals surface area contributed by atoms with Crippen molar-refractivity contribution in [1.29, 1.82) is 0 Å². The number of rotatable bonds is 5. The number of fused-ring (bicyclic) bond motifs is 1. The van der Waals surface area contributed by atoms with Crippen LogP contribution in [0.5, 0.6) is 0 Å². The zero-order chi connectivity index (χ0) is 18.1. The predicted octanol–water partition coefficient (Wildman–Crippen LogP) is 3.15. The number of aromatic amines is 1. The highest BCUT2D eigenvalue weighted by molar-refractivity contribution is 5.78. The van der Waals surface area contributed by atoms with Gasteiger partial charge < -0.3 is 10.3 Å². The van der Waals surface area contributed by atoms with Gasteiger partial charge in [0.15, 0.2) is 0 Å². The molecule has 0 saturated carbocycles. The minimum atomic E-state index is 0.0237. The van der Waals surface area contributed by atoms with Gasteiger partial charge in [-0.1, -0.05) is 42.0 Å². The van der Waals surface area contributed by atoms with Gasteiger partial charge in [0.05, 0.1) is 23.6 Å². The number of carbonyl (C=O) groups excluding carboxylic acids is 1. The Labute approximate surface area is 153 Å². The van der Waals surface area contributed by atoms with Gasteiger partial charge in [0.2, 0.25) is 5.91 Å². The van der Waals surface area contributed by atoms with Crippen molar-refractivity contribution in [3.8, 4) is 0 Å². The van der Waals surface area contributed by atoms with Crippen LogP contribution in [0.1, 0.15) is 35.8 Å². The SMILES string of the molecule is Cc1ccc(C(C)NC(=O)CN2CC(c3nc4ccccc4[nH]3)C2)cc1. The van der Waals surface area contributed by atoms with Crippen LogP contribution in [0.4, 0.5) is 0 Å². The minimum absolute atomic E-state index is 0.0237. The van der Waals surface area contributed by atoms with Gasteiger partial charge in [-0.15, -0.1) is 0 Å². The zero-order valence-corrected chi connectivity index (χ0v) is 15.2. The summed E-state index contributed by atoms with van der Waals surface area (Å²) in [4.78, 5) is 22.5. The van der Waals surface area contributed by atoms with Crippen molar-refractivity contribution in [2.24, 2.45) is 0 Å². The number of likely N-dealkylation sites (tertiary alicyclic amines) is 1. The molecule has 1 unspecified atom stereocenters. The molecule has 2 aromatic carbocycles. The molecule has 0 bridgehead atoms. The van der Waals surface area contributed by atoms with Crippen LogP contribution in [0.15, 0.2) is 48.5 Å². The zero-order valence-electron chi connectivity index (χ0n) is 15.2. The standard InChI is InChI=1S/C21H24N4O/c1-14-7-9-16(10-8-14)15(2)22-20(26)13-25-11-17(12-25)21-23-18-5-3-4-6-19(18)24-21/h3-10,15,17H,11-13H2,1-2H3,(H,22,26)(H,23,24). The number of H-pyrrole nitrogens is 1. The van der Waals surface area contributed by atoms with E-state index in [1.165, 1.54) is 5.56 Å². The Balaban J connectivity index is 1.28. The van der Waals surface area contributed by atoms with Gasteiger partial charge >= 0.3 is 0 Å². The van der Waals surface area contributed by atoms with E-state index in [0.29, 0.717) is 12.5 Å². The van der Waals surface area contributed by atoms with Crippen molar-refractivity contribution >= 4 is 16.9 Å². The largest absolute Gasteiger partial charge is 0.348 e. The Morgan fingerprint density at radius 1 is 1.23 bits per heavy atom. The third-order valence-electron chi connectivity index (χ3n) is 5.07. The summed E-state index contributed by atoms with van der Waals surface area (Å²) in [5, 5.41) is 3.09. The molecule has 0 aliphatic carbocycles. The molecular formula is C21H24N4O. The maximum atomic E-state index is 12.3. The van der Waals surface area contributed by atoms with E-state index < -0.39 is 0 Å². The summed E-state index contributed by atoms with van der Waals surface area (Å²) in [6.07, 6.45) is 0. The molecule has 1 fully saturated rings. The molecule has 4 rings (SSSR count). The van der Waals surface area contributed by atoms with E-state index >= 15 is 0 Å². The molecule has 0 spiro atoms. The van der Waals surface area contributed by atoms with Crippen LogP contribution in [-0.4, -0.2) is 40.4 Å². The van der Waals surface area contributed by atoms with E-state index in [-0.39, 0.29) is 11.9 Å². The second-order valence-corrected chi connectivity index (χ2v) is 7.23. The number of benzene rings is 2. The highest BCUT2D eigenvalue weighted by Gasteiger charge is 2.31. The predicted molar refractivity (Wildman–Crippen MR) is 103 cm³/mol. The number of hydrogen-bond donors (Lipinski definition) is 2. The molecule has 1 aromatic heterocycles. The third-order valence-corrected chi connectivity index (χ3v) is 5.07. The first-order chi connectivity index (χ1) is 12.6. The van der Waals surface area contributed by atoms with E-state index in [4.69, 9.17) is 0 Å². The Morgan fingerprint density at radius 3 is 2.69 bits per heavy atom. The van der Waals surface area contributed by atoms with E-state index in [1.54, 1.807) is 0 Å². The Morgan fingerprint density at radius 2 is 1.96 bits per heavy atom. The van der Waals surface area contributed by atoms with Crippen LogP contribution in [-0.2, 0) is 4.79 Å². The highest BCUT2D eigenvalue weighted by atomic mass is 16.2. The molecular weight excluding hydrogens is 324 g/mol. The maximum Gasteiger partial charge on any atom is 0.234 e. The van der Waals surface area contributed by atoms with E-state index in [1.807, 2.05) is 31.2 Å². The van der Waals surface area contributed by atoms with Gasteiger partial charge in [0.1, 0.15) is 5.82 Å². The number of imidazole rings is 1. The minimum Gasteiger partial charge on any atom is -0.348 e. The smallest absolute Gasteiger partial charge is 0.234 e. The number of hydrogen-bond acceptors (Lipinski definition) is 3. The maximum absolute atomic E-state index is 12.3. The number of nitrogens with one attached hydrogen (secondary N) is 2.